The number of para-hydroxylation sites is 2. The zero-order valence-electron chi connectivity index (χ0n) is 19.7. The number of nitrogen functional groups attached to an aromatic ring is 1. The Hall–Kier alpha value is -3.75. The quantitative estimate of drug-likeness (QED) is 0.354. The number of amides is 1. The highest BCUT2D eigenvalue weighted by atomic mass is 16.3. The number of nitrogens with one attached hydrogen (secondary N) is 2. The molecular formula is C27H32N6O2. The Balaban J connectivity index is 1.23. The second kappa shape index (κ2) is 12.1. The summed E-state index contributed by atoms with van der Waals surface area (Å²) in [6, 6.07) is 17.1. The summed E-state index contributed by atoms with van der Waals surface area (Å²) in [5.41, 5.74) is 8.47. The fourth-order valence-corrected chi connectivity index (χ4v) is 4.05. The Bertz CT molecular complexity index is 1110. The molecule has 1 unspecified atom stereocenters. The van der Waals surface area contributed by atoms with Crippen molar-refractivity contribution in [2.45, 2.75) is 18.9 Å². The van der Waals surface area contributed by atoms with Crippen LogP contribution in [0.3, 0.4) is 0 Å². The summed E-state index contributed by atoms with van der Waals surface area (Å²) in [6.07, 6.45) is 9.16. The highest BCUT2D eigenvalue weighted by molar-refractivity contribution is 6.05. The molecule has 0 radical (unpaired) electrons. The third-order valence-corrected chi connectivity index (χ3v) is 6.19. The predicted octanol–water partition coefficient (Wildman–Crippen LogP) is 3.19. The number of aliphatic hydroxyl groups excluding tert-OH is 1. The van der Waals surface area contributed by atoms with Crippen LogP contribution in [0.15, 0.2) is 73.1 Å². The molecule has 0 saturated carbocycles. The summed E-state index contributed by atoms with van der Waals surface area (Å²) in [7, 11) is 0. The molecule has 1 saturated heterocycles. The van der Waals surface area contributed by atoms with E-state index in [-0.39, 0.29) is 18.6 Å². The van der Waals surface area contributed by atoms with Crippen molar-refractivity contribution >= 4 is 29.3 Å². The van der Waals surface area contributed by atoms with Gasteiger partial charge in [0.25, 0.3) is 5.91 Å². The van der Waals surface area contributed by atoms with Crippen LogP contribution in [0, 0.1) is 5.92 Å². The maximum absolute atomic E-state index is 12.5. The first-order valence-corrected chi connectivity index (χ1v) is 11.9. The van der Waals surface area contributed by atoms with Crippen molar-refractivity contribution in [2.75, 3.05) is 42.2 Å². The van der Waals surface area contributed by atoms with Crippen LogP contribution in [0.4, 0.5) is 17.3 Å². The van der Waals surface area contributed by atoms with Gasteiger partial charge in [-0.15, -0.1) is 0 Å². The van der Waals surface area contributed by atoms with Crippen LogP contribution in [0.2, 0.25) is 0 Å². The average Bonchev–Trinajstić information content (AvgIpc) is 2.91. The largest absolute Gasteiger partial charge is 0.397 e. The minimum Gasteiger partial charge on any atom is -0.397 e. The maximum Gasteiger partial charge on any atom is 0.258 e. The van der Waals surface area contributed by atoms with E-state index in [0.717, 1.165) is 38.0 Å². The smallest absolute Gasteiger partial charge is 0.258 e. The van der Waals surface area contributed by atoms with Gasteiger partial charge in [-0.3, -0.25) is 4.79 Å². The molecule has 3 aromatic rings. The Morgan fingerprint density at radius 3 is 2.46 bits per heavy atom. The van der Waals surface area contributed by atoms with Gasteiger partial charge >= 0.3 is 0 Å². The number of rotatable bonds is 9. The SMILES string of the molecule is Nc1ccccc1NC(=O)c1cnc(N2CCC(CNC(C=Cc3ccccc3)CO)CC2)nc1. The van der Waals surface area contributed by atoms with E-state index >= 15 is 0 Å². The summed E-state index contributed by atoms with van der Waals surface area (Å²) < 4.78 is 0. The van der Waals surface area contributed by atoms with Crippen molar-refractivity contribution in [1.29, 1.82) is 0 Å². The number of carbonyl (C=O) groups is 1. The van der Waals surface area contributed by atoms with Crippen molar-refractivity contribution in [3.63, 3.8) is 0 Å². The Kier molecular flexibility index (Phi) is 8.43. The molecule has 1 amide bonds. The molecule has 1 aliphatic rings. The zero-order valence-corrected chi connectivity index (χ0v) is 19.7. The molecule has 1 aliphatic heterocycles. The van der Waals surface area contributed by atoms with Gasteiger partial charge in [0, 0.05) is 31.5 Å². The number of hydrogen-bond donors (Lipinski definition) is 4. The van der Waals surface area contributed by atoms with Gasteiger partial charge in [0.15, 0.2) is 0 Å². The summed E-state index contributed by atoms with van der Waals surface area (Å²) in [5.74, 6) is 0.858. The fourth-order valence-electron chi connectivity index (χ4n) is 4.05. The molecule has 8 nitrogen and oxygen atoms in total. The Morgan fingerprint density at radius 2 is 1.77 bits per heavy atom. The number of hydrogen-bond acceptors (Lipinski definition) is 7. The lowest BCUT2D eigenvalue weighted by Gasteiger charge is -2.32. The van der Waals surface area contributed by atoms with Crippen LogP contribution >= 0.6 is 0 Å². The second-order valence-electron chi connectivity index (χ2n) is 8.71. The molecule has 1 fully saturated rings. The molecule has 4 rings (SSSR count). The van der Waals surface area contributed by atoms with Gasteiger partial charge in [0.05, 0.1) is 23.5 Å². The number of aromatic nitrogens is 2. The first-order chi connectivity index (χ1) is 17.1. The lowest BCUT2D eigenvalue weighted by molar-refractivity contribution is 0.102. The molecule has 2 aromatic carbocycles. The van der Waals surface area contributed by atoms with Gasteiger partial charge in [0.2, 0.25) is 5.95 Å². The standard InChI is InChI=1S/C27H32N6O2/c28-24-8-4-5-9-25(24)32-26(35)22-17-30-27(31-18-22)33-14-12-21(13-15-33)16-29-23(19-34)11-10-20-6-2-1-3-7-20/h1-11,17-18,21,23,29,34H,12-16,19,28H2,(H,32,35). The number of anilines is 3. The first kappa shape index (κ1) is 24.4. The third kappa shape index (κ3) is 6.88. The van der Waals surface area contributed by atoms with Crippen LogP contribution < -0.4 is 21.3 Å². The van der Waals surface area contributed by atoms with Crippen molar-refractivity contribution in [3.05, 3.63) is 84.2 Å². The average molecular weight is 473 g/mol. The minimum absolute atomic E-state index is 0.0623. The van der Waals surface area contributed by atoms with Crippen LogP contribution in [-0.2, 0) is 0 Å². The van der Waals surface area contributed by atoms with E-state index in [1.807, 2.05) is 54.6 Å². The van der Waals surface area contributed by atoms with Gasteiger partial charge in [0.1, 0.15) is 0 Å². The summed E-state index contributed by atoms with van der Waals surface area (Å²) in [5, 5.41) is 16.0. The van der Waals surface area contributed by atoms with E-state index in [0.29, 0.717) is 28.8 Å². The van der Waals surface area contributed by atoms with E-state index in [1.54, 1.807) is 24.5 Å². The fraction of sp³-hybridized carbons (Fsp3) is 0.296. The minimum atomic E-state index is -0.293. The lowest BCUT2D eigenvalue weighted by atomic mass is 9.96. The molecule has 1 aromatic heterocycles. The van der Waals surface area contributed by atoms with Crippen molar-refractivity contribution in [3.8, 4) is 0 Å². The van der Waals surface area contributed by atoms with Gasteiger partial charge in [-0.1, -0.05) is 54.6 Å². The van der Waals surface area contributed by atoms with Gasteiger partial charge in [-0.05, 0) is 43.0 Å². The Morgan fingerprint density at radius 1 is 1.09 bits per heavy atom. The van der Waals surface area contributed by atoms with E-state index in [2.05, 4.69) is 25.5 Å². The summed E-state index contributed by atoms with van der Waals surface area (Å²) in [6.45, 7) is 2.61. The lowest BCUT2D eigenvalue weighted by Crippen LogP contribution is -2.41. The van der Waals surface area contributed by atoms with Crippen molar-refractivity contribution in [2.24, 2.45) is 5.92 Å². The zero-order chi connectivity index (χ0) is 24.5. The van der Waals surface area contributed by atoms with E-state index < -0.39 is 0 Å². The van der Waals surface area contributed by atoms with Crippen LogP contribution in [-0.4, -0.2) is 53.3 Å². The number of carbonyl (C=O) groups excluding carboxylic acids is 1. The number of nitrogens with zero attached hydrogens (tertiary/aromatic N) is 3. The normalized spacial score (nSPS) is 15.3. The van der Waals surface area contributed by atoms with Gasteiger partial charge < -0.3 is 26.4 Å². The summed E-state index contributed by atoms with van der Waals surface area (Å²) in [4.78, 5) is 23.5. The highest BCUT2D eigenvalue weighted by Crippen LogP contribution is 2.21. The molecule has 182 valence electrons. The molecule has 5 N–H and O–H groups in total. The van der Waals surface area contributed by atoms with E-state index in [4.69, 9.17) is 5.73 Å². The van der Waals surface area contributed by atoms with E-state index in [1.165, 1.54) is 0 Å². The molecule has 0 bridgehead atoms. The third-order valence-electron chi connectivity index (χ3n) is 6.19. The van der Waals surface area contributed by atoms with Crippen LogP contribution in [0.5, 0.6) is 0 Å². The molecule has 1 atom stereocenters. The van der Waals surface area contributed by atoms with E-state index in [9.17, 15) is 9.90 Å². The topological polar surface area (TPSA) is 116 Å². The summed E-state index contributed by atoms with van der Waals surface area (Å²) >= 11 is 0. The molecular weight excluding hydrogens is 440 g/mol. The van der Waals surface area contributed by atoms with Crippen molar-refractivity contribution < 1.29 is 9.90 Å². The van der Waals surface area contributed by atoms with Gasteiger partial charge in [-0.25, -0.2) is 9.97 Å². The predicted molar refractivity (Wildman–Crippen MR) is 140 cm³/mol. The number of nitrogens with two attached hydrogens (primary N) is 1. The Labute approximate surface area is 205 Å². The number of piperidine rings is 1. The molecule has 0 spiro atoms. The van der Waals surface area contributed by atoms with Crippen LogP contribution in [0.25, 0.3) is 6.08 Å². The monoisotopic (exact) mass is 472 g/mol. The molecule has 35 heavy (non-hydrogen) atoms. The highest BCUT2D eigenvalue weighted by Gasteiger charge is 2.22. The van der Waals surface area contributed by atoms with Gasteiger partial charge in [-0.2, -0.15) is 0 Å². The number of aliphatic hydroxyl groups is 1. The number of benzene rings is 2. The molecule has 8 heteroatoms. The van der Waals surface area contributed by atoms with Crippen molar-refractivity contribution in [1.82, 2.24) is 15.3 Å². The van der Waals surface area contributed by atoms with Crippen LogP contribution in [0.1, 0.15) is 28.8 Å². The molecule has 0 aliphatic carbocycles. The first-order valence-electron chi connectivity index (χ1n) is 11.9. The second-order valence-corrected chi connectivity index (χ2v) is 8.71. The maximum atomic E-state index is 12.5. The molecule has 2 heterocycles.